The van der Waals surface area contributed by atoms with Crippen LogP contribution in [0.5, 0.6) is 0 Å². The summed E-state index contributed by atoms with van der Waals surface area (Å²) in [5, 5.41) is 3.36. The molecule has 0 radical (unpaired) electrons. The standard InChI is InChI=1S/C13H19ClFN3/c1-18-5-3-2-4-9(18)8-17-13-6-10(14)11(15)7-12(13)16/h6-7,9,17H,2-5,8,16H2,1H3. The lowest BCUT2D eigenvalue weighted by molar-refractivity contribution is 0.194. The lowest BCUT2D eigenvalue weighted by atomic mass is 10.0. The lowest BCUT2D eigenvalue weighted by Gasteiger charge is -2.32. The molecule has 1 aromatic carbocycles. The minimum absolute atomic E-state index is 0.101. The zero-order valence-corrected chi connectivity index (χ0v) is 11.3. The maximum Gasteiger partial charge on any atom is 0.143 e. The van der Waals surface area contributed by atoms with E-state index in [-0.39, 0.29) is 5.02 Å². The fourth-order valence-corrected chi connectivity index (χ4v) is 2.51. The molecule has 1 fully saturated rings. The maximum absolute atomic E-state index is 13.2. The van der Waals surface area contributed by atoms with Gasteiger partial charge in [0.15, 0.2) is 0 Å². The molecular formula is C13H19ClFN3. The minimum atomic E-state index is -0.477. The fraction of sp³-hybridized carbons (Fsp3) is 0.538. The van der Waals surface area contributed by atoms with Crippen LogP contribution in [-0.2, 0) is 0 Å². The number of nitrogens with zero attached hydrogens (tertiary/aromatic N) is 1. The van der Waals surface area contributed by atoms with Gasteiger partial charge < -0.3 is 16.0 Å². The molecule has 2 rings (SSSR count). The van der Waals surface area contributed by atoms with Crippen molar-refractivity contribution in [2.24, 2.45) is 0 Å². The molecule has 1 aliphatic heterocycles. The van der Waals surface area contributed by atoms with Crippen molar-refractivity contribution in [1.29, 1.82) is 0 Å². The molecule has 5 heteroatoms. The van der Waals surface area contributed by atoms with Crippen LogP contribution in [0.2, 0.25) is 5.02 Å². The summed E-state index contributed by atoms with van der Waals surface area (Å²) in [5.74, 6) is -0.477. The number of benzene rings is 1. The Morgan fingerprint density at radius 2 is 2.28 bits per heavy atom. The molecule has 1 heterocycles. The average Bonchev–Trinajstić information content (AvgIpc) is 2.34. The summed E-state index contributed by atoms with van der Waals surface area (Å²) >= 11 is 5.76. The second-order valence-corrected chi connectivity index (χ2v) is 5.27. The van der Waals surface area contributed by atoms with Crippen LogP contribution in [-0.4, -0.2) is 31.1 Å². The summed E-state index contributed by atoms with van der Waals surface area (Å²) < 4.78 is 13.2. The van der Waals surface area contributed by atoms with E-state index in [2.05, 4.69) is 17.3 Å². The molecule has 0 spiro atoms. The number of hydrogen-bond acceptors (Lipinski definition) is 3. The van der Waals surface area contributed by atoms with E-state index in [4.69, 9.17) is 17.3 Å². The summed E-state index contributed by atoms with van der Waals surface area (Å²) in [7, 11) is 2.13. The summed E-state index contributed by atoms with van der Waals surface area (Å²) in [6.45, 7) is 1.94. The highest BCUT2D eigenvalue weighted by atomic mass is 35.5. The zero-order valence-electron chi connectivity index (χ0n) is 10.5. The quantitative estimate of drug-likeness (QED) is 0.831. The van der Waals surface area contributed by atoms with E-state index in [0.717, 1.165) is 13.1 Å². The van der Waals surface area contributed by atoms with Crippen LogP contribution in [0.15, 0.2) is 12.1 Å². The van der Waals surface area contributed by atoms with Gasteiger partial charge in [-0.3, -0.25) is 0 Å². The number of nitrogens with two attached hydrogens (primary N) is 1. The van der Waals surface area contributed by atoms with Crippen molar-refractivity contribution in [2.45, 2.75) is 25.3 Å². The maximum atomic E-state index is 13.2. The molecular weight excluding hydrogens is 253 g/mol. The number of likely N-dealkylation sites (N-methyl/N-ethyl adjacent to an activating group) is 1. The van der Waals surface area contributed by atoms with E-state index < -0.39 is 5.82 Å². The summed E-state index contributed by atoms with van der Waals surface area (Å²) in [6.07, 6.45) is 3.70. The number of rotatable bonds is 3. The number of halogens is 2. The van der Waals surface area contributed by atoms with Gasteiger partial charge >= 0.3 is 0 Å². The van der Waals surface area contributed by atoms with Crippen LogP contribution < -0.4 is 11.1 Å². The van der Waals surface area contributed by atoms with Crippen molar-refractivity contribution >= 4 is 23.0 Å². The van der Waals surface area contributed by atoms with Crippen molar-refractivity contribution in [3.05, 3.63) is 23.0 Å². The van der Waals surface area contributed by atoms with Crippen LogP contribution in [0.25, 0.3) is 0 Å². The van der Waals surface area contributed by atoms with Gasteiger partial charge in [-0.25, -0.2) is 4.39 Å². The average molecular weight is 272 g/mol. The van der Waals surface area contributed by atoms with Gasteiger partial charge in [-0.2, -0.15) is 0 Å². The molecule has 0 saturated carbocycles. The highest BCUT2D eigenvalue weighted by molar-refractivity contribution is 6.31. The summed E-state index contributed by atoms with van der Waals surface area (Å²) in [4.78, 5) is 2.35. The highest BCUT2D eigenvalue weighted by Gasteiger charge is 2.18. The van der Waals surface area contributed by atoms with E-state index in [1.54, 1.807) is 6.07 Å². The molecule has 1 unspecified atom stereocenters. The third kappa shape index (κ3) is 3.06. The van der Waals surface area contributed by atoms with Crippen LogP contribution in [0.1, 0.15) is 19.3 Å². The van der Waals surface area contributed by atoms with Gasteiger partial charge in [0, 0.05) is 18.7 Å². The van der Waals surface area contributed by atoms with Crippen molar-refractivity contribution in [2.75, 3.05) is 31.2 Å². The summed E-state index contributed by atoms with van der Waals surface area (Å²) in [5.41, 5.74) is 6.87. The Bertz CT molecular complexity index is 425. The monoisotopic (exact) mass is 271 g/mol. The van der Waals surface area contributed by atoms with Crippen molar-refractivity contribution < 1.29 is 4.39 Å². The Hall–Kier alpha value is -1.00. The number of hydrogen-bond donors (Lipinski definition) is 2. The van der Waals surface area contributed by atoms with Gasteiger partial charge in [-0.1, -0.05) is 18.0 Å². The van der Waals surface area contributed by atoms with Crippen LogP contribution in [0, 0.1) is 5.82 Å². The first-order chi connectivity index (χ1) is 8.58. The molecule has 0 aromatic heterocycles. The predicted molar refractivity (Wildman–Crippen MR) is 74.6 cm³/mol. The van der Waals surface area contributed by atoms with E-state index >= 15 is 0 Å². The highest BCUT2D eigenvalue weighted by Crippen LogP contribution is 2.26. The van der Waals surface area contributed by atoms with Crippen molar-refractivity contribution in [1.82, 2.24) is 4.90 Å². The van der Waals surface area contributed by atoms with Crippen molar-refractivity contribution in [3.63, 3.8) is 0 Å². The van der Waals surface area contributed by atoms with E-state index in [9.17, 15) is 4.39 Å². The molecule has 3 nitrogen and oxygen atoms in total. The molecule has 3 N–H and O–H groups in total. The topological polar surface area (TPSA) is 41.3 Å². The van der Waals surface area contributed by atoms with Gasteiger partial charge in [0.25, 0.3) is 0 Å². The first-order valence-electron chi connectivity index (χ1n) is 6.26. The molecule has 1 aromatic rings. The minimum Gasteiger partial charge on any atom is -0.397 e. The van der Waals surface area contributed by atoms with Crippen molar-refractivity contribution in [3.8, 4) is 0 Å². The normalized spacial score (nSPS) is 20.9. The Balaban J connectivity index is 1.99. The lowest BCUT2D eigenvalue weighted by Crippen LogP contribution is -2.40. The fourth-order valence-electron chi connectivity index (χ4n) is 2.35. The molecule has 100 valence electrons. The van der Waals surface area contributed by atoms with Gasteiger partial charge in [-0.15, -0.1) is 0 Å². The number of nitrogens with one attached hydrogen (secondary N) is 1. The molecule has 1 atom stereocenters. The first kappa shape index (κ1) is 13.4. The van der Waals surface area contributed by atoms with Gasteiger partial charge in [0.2, 0.25) is 0 Å². The Kier molecular flexibility index (Phi) is 4.30. The van der Waals surface area contributed by atoms with Gasteiger partial charge in [0.1, 0.15) is 5.82 Å². The summed E-state index contributed by atoms with van der Waals surface area (Å²) in [6, 6.07) is 3.31. The number of piperidine rings is 1. The second-order valence-electron chi connectivity index (χ2n) is 4.86. The SMILES string of the molecule is CN1CCCCC1CNc1cc(Cl)c(F)cc1N. The Morgan fingerprint density at radius 1 is 1.50 bits per heavy atom. The van der Waals surface area contributed by atoms with Crippen LogP contribution in [0.3, 0.4) is 0 Å². The molecule has 0 aliphatic carbocycles. The Labute approximate surface area is 112 Å². The Morgan fingerprint density at radius 3 is 3.00 bits per heavy atom. The smallest absolute Gasteiger partial charge is 0.143 e. The number of nitrogen functional groups attached to an aromatic ring is 1. The molecule has 0 amide bonds. The molecule has 1 saturated heterocycles. The molecule has 18 heavy (non-hydrogen) atoms. The third-order valence-electron chi connectivity index (χ3n) is 3.54. The third-order valence-corrected chi connectivity index (χ3v) is 3.83. The van der Waals surface area contributed by atoms with Gasteiger partial charge in [-0.05, 0) is 32.5 Å². The van der Waals surface area contributed by atoms with E-state index in [1.165, 1.54) is 25.3 Å². The molecule has 1 aliphatic rings. The second kappa shape index (κ2) is 5.76. The predicted octanol–water partition coefficient (Wildman–Crippen LogP) is 2.96. The number of likely N-dealkylation sites (tertiary alicyclic amines) is 1. The largest absolute Gasteiger partial charge is 0.397 e. The number of anilines is 2. The van der Waals surface area contributed by atoms with Crippen LogP contribution in [0.4, 0.5) is 15.8 Å². The van der Waals surface area contributed by atoms with E-state index in [0.29, 0.717) is 17.4 Å². The first-order valence-corrected chi connectivity index (χ1v) is 6.64. The van der Waals surface area contributed by atoms with Gasteiger partial charge in [0.05, 0.1) is 16.4 Å². The zero-order chi connectivity index (χ0) is 13.1. The van der Waals surface area contributed by atoms with E-state index in [1.807, 2.05) is 0 Å². The van der Waals surface area contributed by atoms with Crippen LogP contribution >= 0.6 is 11.6 Å². The molecule has 0 bridgehead atoms.